The van der Waals surface area contributed by atoms with Crippen molar-refractivity contribution in [2.24, 2.45) is 0 Å². The van der Waals surface area contributed by atoms with Crippen molar-refractivity contribution < 1.29 is 23.4 Å². The number of rotatable bonds is 12. The maximum absolute atomic E-state index is 11.5. The fraction of sp³-hybridized carbons (Fsp3) is 0.950. The van der Waals surface area contributed by atoms with E-state index in [2.05, 4.69) is 20.8 Å². The van der Waals surface area contributed by atoms with Gasteiger partial charge < -0.3 is 23.4 Å². The molecule has 0 aliphatic carbocycles. The third kappa shape index (κ3) is 5.38. The van der Waals surface area contributed by atoms with Crippen LogP contribution in [0.1, 0.15) is 73.1 Å². The van der Waals surface area contributed by atoms with Gasteiger partial charge in [0.2, 0.25) is 0 Å². The summed E-state index contributed by atoms with van der Waals surface area (Å²) in [5.41, 5.74) is 0. The average Bonchev–Trinajstić information content (AvgIpc) is 3.09. The summed E-state index contributed by atoms with van der Waals surface area (Å²) >= 11 is 0. The lowest BCUT2D eigenvalue weighted by atomic mass is 10.1. The summed E-state index contributed by atoms with van der Waals surface area (Å²) in [5.74, 6) is -0.692. The molecule has 0 radical (unpaired) electrons. The molecule has 5 nitrogen and oxygen atoms in total. The SMILES string of the molecule is CCCC[Si](CCCC)(CCCC)O[C@H]1O[C@H](C=O)[C@@H]2OC(C)(C)O[C@H]12. The van der Waals surface area contributed by atoms with Crippen molar-refractivity contribution in [2.45, 2.75) is 122 Å². The van der Waals surface area contributed by atoms with Crippen molar-refractivity contribution in [3.8, 4) is 0 Å². The van der Waals surface area contributed by atoms with E-state index < -0.39 is 26.5 Å². The molecule has 0 aromatic carbocycles. The Balaban J connectivity index is 2.17. The number of unbranched alkanes of at least 4 members (excludes halogenated alkanes) is 3. The molecule has 2 saturated heterocycles. The molecule has 2 fully saturated rings. The van der Waals surface area contributed by atoms with Gasteiger partial charge in [-0.1, -0.05) is 59.3 Å². The molecule has 2 aliphatic rings. The number of fused-ring (bicyclic) bond motifs is 1. The van der Waals surface area contributed by atoms with E-state index in [1.807, 2.05) is 13.8 Å². The summed E-state index contributed by atoms with van der Waals surface area (Å²) in [6.07, 6.45) is 6.21. The Hall–Kier alpha value is -0.273. The number of hydrogen-bond donors (Lipinski definition) is 0. The zero-order chi connectivity index (χ0) is 19.2. The summed E-state index contributed by atoms with van der Waals surface area (Å²) in [6.45, 7) is 10.5. The lowest BCUT2D eigenvalue weighted by Gasteiger charge is -2.36. The average molecular weight is 387 g/mol. The predicted octanol–water partition coefficient (Wildman–Crippen LogP) is 4.79. The van der Waals surface area contributed by atoms with E-state index in [9.17, 15) is 4.79 Å². The highest BCUT2D eigenvalue weighted by atomic mass is 28.4. The van der Waals surface area contributed by atoms with Crippen LogP contribution in [0.2, 0.25) is 18.1 Å². The number of carbonyl (C=O) groups is 1. The van der Waals surface area contributed by atoms with Crippen LogP contribution < -0.4 is 0 Å². The smallest absolute Gasteiger partial charge is 0.196 e. The second kappa shape index (κ2) is 9.78. The van der Waals surface area contributed by atoms with Gasteiger partial charge >= 0.3 is 0 Å². The largest absolute Gasteiger partial charge is 0.390 e. The standard InChI is InChI=1S/C20H38O5Si/c1-6-9-12-26(13-10-7-2,14-11-8-3)25-19-18-17(16(15-21)22-19)23-20(4,5)24-18/h15-19H,6-14H2,1-5H3/t16-,17+,18+,19-/m1/s1. The summed E-state index contributed by atoms with van der Waals surface area (Å²) in [4.78, 5) is 11.5. The molecule has 4 atom stereocenters. The van der Waals surface area contributed by atoms with Crippen LogP contribution >= 0.6 is 0 Å². The summed E-state index contributed by atoms with van der Waals surface area (Å²) in [7, 11) is -1.95. The Morgan fingerprint density at radius 3 is 1.88 bits per heavy atom. The molecule has 26 heavy (non-hydrogen) atoms. The van der Waals surface area contributed by atoms with Crippen molar-refractivity contribution in [1.82, 2.24) is 0 Å². The highest BCUT2D eigenvalue weighted by Crippen LogP contribution is 2.41. The first-order chi connectivity index (χ1) is 12.4. The van der Waals surface area contributed by atoms with Gasteiger partial charge in [-0.25, -0.2) is 0 Å². The maximum atomic E-state index is 11.5. The van der Waals surface area contributed by atoms with Gasteiger partial charge in [-0.05, 0) is 32.0 Å². The van der Waals surface area contributed by atoms with Crippen molar-refractivity contribution in [1.29, 1.82) is 0 Å². The number of ether oxygens (including phenoxy) is 3. The Morgan fingerprint density at radius 2 is 1.42 bits per heavy atom. The minimum absolute atomic E-state index is 0.308. The molecule has 2 rings (SSSR count). The fourth-order valence-electron chi connectivity index (χ4n) is 4.09. The van der Waals surface area contributed by atoms with Gasteiger partial charge in [0.15, 0.2) is 26.7 Å². The monoisotopic (exact) mass is 386 g/mol. The summed E-state index contributed by atoms with van der Waals surface area (Å²) < 4.78 is 24.7. The molecular weight excluding hydrogens is 348 g/mol. The second-order valence-electron chi connectivity index (χ2n) is 8.28. The molecule has 0 bridgehead atoms. The van der Waals surface area contributed by atoms with Crippen molar-refractivity contribution in [3.63, 3.8) is 0 Å². The van der Waals surface area contributed by atoms with E-state index in [0.29, 0.717) is 0 Å². The number of aldehydes is 1. The quantitative estimate of drug-likeness (QED) is 0.356. The van der Waals surface area contributed by atoms with E-state index in [1.54, 1.807) is 0 Å². The van der Waals surface area contributed by atoms with Crippen LogP contribution in [0.15, 0.2) is 0 Å². The van der Waals surface area contributed by atoms with Gasteiger partial charge in [0.1, 0.15) is 18.3 Å². The molecule has 0 amide bonds. The molecule has 0 aromatic rings. The van der Waals surface area contributed by atoms with Crippen LogP contribution in [-0.2, 0) is 23.4 Å². The molecule has 0 spiro atoms. The molecule has 0 unspecified atom stereocenters. The van der Waals surface area contributed by atoms with Gasteiger partial charge in [-0.15, -0.1) is 0 Å². The lowest BCUT2D eigenvalue weighted by molar-refractivity contribution is -0.212. The van der Waals surface area contributed by atoms with Crippen LogP contribution in [0.4, 0.5) is 0 Å². The highest BCUT2D eigenvalue weighted by molar-refractivity contribution is 6.73. The summed E-state index contributed by atoms with van der Waals surface area (Å²) in [6, 6.07) is 3.49. The number of carbonyl (C=O) groups excluding carboxylic acids is 1. The zero-order valence-corrected chi connectivity index (χ0v) is 18.3. The minimum Gasteiger partial charge on any atom is -0.390 e. The molecular formula is C20H38O5Si. The first-order valence-electron chi connectivity index (χ1n) is 10.5. The van der Waals surface area contributed by atoms with E-state index in [1.165, 1.54) is 38.5 Å². The first kappa shape index (κ1) is 22.0. The van der Waals surface area contributed by atoms with Gasteiger partial charge in [0, 0.05) is 0 Å². The van der Waals surface area contributed by atoms with Gasteiger partial charge in [-0.3, -0.25) is 0 Å². The first-order valence-corrected chi connectivity index (χ1v) is 13.1. The highest BCUT2D eigenvalue weighted by Gasteiger charge is 2.57. The topological polar surface area (TPSA) is 54.0 Å². The van der Waals surface area contributed by atoms with Crippen LogP contribution in [0.3, 0.4) is 0 Å². The molecule has 2 aliphatic heterocycles. The zero-order valence-electron chi connectivity index (χ0n) is 17.3. The molecule has 2 heterocycles. The Morgan fingerprint density at radius 1 is 0.923 bits per heavy atom. The van der Waals surface area contributed by atoms with E-state index in [-0.39, 0.29) is 12.2 Å². The number of hydrogen-bond acceptors (Lipinski definition) is 5. The second-order valence-corrected chi connectivity index (χ2v) is 12.4. The fourth-order valence-corrected chi connectivity index (χ4v) is 8.87. The predicted molar refractivity (Wildman–Crippen MR) is 105 cm³/mol. The summed E-state index contributed by atoms with van der Waals surface area (Å²) in [5, 5.41) is 0. The molecule has 0 N–H and O–H groups in total. The van der Waals surface area contributed by atoms with Crippen molar-refractivity contribution >= 4 is 14.6 Å². The Bertz CT molecular complexity index is 420. The molecule has 152 valence electrons. The van der Waals surface area contributed by atoms with Crippen molar-refractivity contribution in [2.75, 3.05) is 0 Å². The minimum atomic E-state index is -1.95. The van der Waals surface area contributed by atoms with Gasteiger partial charge in [0.25, 0.3) is 0 Å². The van der Waals surface area contributed by atoms with E-state index in [4.69, 9.17) is 18.6 Å². The van der Waals surface area contributed by atoms with E-state index >= 15 is 0 Å². The van der Waals surface area contributed by atoms with Gasteiger partial charge in [-0.2, -0.15) is 0 Å². The molecule has 6 heteroatoms. The Kier molecular flexibility index (Phi) is 8.28. The van der Waals surface area contributed by atoms with Gasteiger partial charge in [0.05, 0.1) is 0 Å². The Labute approximate surface area is 160 Å². The van der Waals surface area contributed by atoms with E-state index in [0.717, 1.165) is 24.4 Å². The van der Waals surface area contributed by atoms with Crippen LogP contribution in [0.25, 0.3) is 0 Å². The lowest BCUT2D eigenvalue weighted by Crippen LogP contribution is -2.45. The third-order valence-electron chi connectivity index (χ3n) is 5.51. The maximum Gasteiger partial charge on any atom is 0.196 e. The normalized spacial score (nSPS) is 30.5. The van der Waals surface area contributed by atoms with Crippen LogP contribution in [0.5, 0.6) is 0 Å². The van der Waals surface area contributed by atoms with Crippen molar-refractivity contribution in [3.05, 3.63) is 0 Å². The van der Waals surface area contributed by atoms with Crippen LogP contribution in [-0.4, -0.2) is 45.0 Å². The van der Waals surface area contributed by atoms with Crippen LogP contribution in [0, 0.1) is 0 Å². The third-order valence-corrected chi connectivity index (χ3v) is 10.0. The molecule has 0 saturated carbocycles. The molecule has 0 aromatic heterocycles.